The summed E-state index contributed by atoms with van der Waals surface area (Å²) in [6.07, 6.45) is 0. The third-order valence-corrected chi connectivity index (χ3v) is 4.36. The highest BCUT2D eigenvalue weighted by Crippen LogP contribution is 2.43. The van der Waals surface area contributed by atoms with Gasteiger partial charge < -0.3 is 4.74 Å². The Morgan fingerprint density at radius 1 is 0.810 bits per heavy atom. The molecule has 1 unspecified atom stereocenters. The van der Waals surface area contributed by atoms with Crippen LogP contribution in [0.1, 0.15) is 44.9 Å². The van der Waals surface area contributed by atoms with E-state index in [2.05, 4.69) is 52.0 Å². The van der Waals surface area contributed by atoms with Crippen molar-refractivity contribution in [1.82, 2.24) is 0 Å². The monoisotopic (exact) mass is 280 g/mol. The van der Waals surface area contributed by atoms with Crippen molar-refractivity contribution in [3.63, 3.8) is 0 Å². The summed E-state index contributed by atoms with van der Waals surface area (Å²) in [5, 5.41) is 0. The van der Waals surface area contributed by atoms with Crippen molar-refractivity contribution in [2.24, 2.45) is 0 Å². The lowest BCUT2D eigenvalue weighted by Crippen LogP contribution is -2.13. The molecule has 2 nitrogen and oxygen atoms in total. The van der Waals surface area contributed by atoms with Crippen LogP contribution in [0.15, 0.2) is 24.3 Å². The van der Waals surface area contributed by atoms with Crippen LogP contribution < -0.4 is 4.74 Å². The molecule has 1 aliphatic heterocycles. The smallest absolute Gasteiger partial charge is 0.323 e. The molecule has 0 fully saturated rings. The van der Waals surface area contributed by atoms with E-state index in [-0.39, 0.29) is 11.9 Å². The average Bonchev–Trinajstić information content (AvgIpc) is 2.71. The normalized spacial score (nSPS) is 16.8. The summed E-state index contributed by atoms with van der Waals surface area (Å²) in [5.41, 5.74) is 7.84. The Morgan fingerprint density at radius 3 is 2.05 bits per heavy atom. The van der Waals surface area contributed by atoms with Gasteiger partial charge in [0.15, 0.2) is 0 Å². The fraction of sp³-hybridized carbons (Fsp3) is 0.316. The number of aryl methyl sites for hydroxylation is 4. The molecule has 0 amide bonds. The number of carbonyl (C=O) groups is 1. The molecule has 108 valence electrons. The van der Waals surface area contributed by atoms with Crippen molar-refractivity contribution in [1.29, 1.82) is 0 Å². The second-order valence-electron chi connectivity index (χ2n) is 6.15. The van der Waals surface area contributed by atoms with Gasteiger partial charge >= 0.3 is 5.97 Å². The van der Waals surface area contributed by atoms with E-state index in [1.54, 1.807) is 0 Å². The highest BCUT2D eigenvalue weighted by atomic mass is 16.5. The van der Waals surface area contributed by atoms with E-state index >= 15 is 0 Å². The number of benzene rings is 2. The summed E-state index contributed by atoms with van der Waals surface area (Å²) < 4.78 is 5.56. The van der Waals surface area contributed by atoms with E-state index in [0.717, 1.165) is 28.0 Å². The number of esters is 1. The van der Waals surface area contributed by atoms with Gasteiger partial charge in [0.1, 0.15) is 11.7 Å². The molecule has 3 rings (SSSR count). The lowest BCUT2D eigenvalue weighted by atomic mass is 9.85. The zero-order valence-corrected chi connectivity index (χ0v) is 13.2. The van der Waals surface area contributed by atoms with Crippen molar-refractivity contribution in [2.45, 2.75) is 40.5 Å². The largest absolute Gasteiger partial charge is 0.425 e. The molecule has 1 heterocycles. The lowest BCUT2D eigenvalue weighted by molar-refractivity contribution is -0.133. The van der Waals surface area contributed by atoms with Crippen molar-refractivity contribution in [3.8, 4) is 5.75 Å². The van der Waals surface area contributed by atoms with Gasteiger partial charge in [-0.3, -0.25) is 4.79 Å². The Bertz CT molecular complexity index is 757. The molecule has 0 spiro atoms. The summed E-state index contributed by atoms with van der Waals surface area (Å²) >= 11 is 0. The molecule has 2 aromatic carbocycles. The van der Waals surface area contributed by atoms with Crippen LogP contribution in [0.4, 0.5) is 0 Å². The molecule has 0 aliphatic carbocycles. The summed E-state index contributed by atoms with van der Waals surface area (Å²) in [4.78, 5) is 12.4. The molecular weight excluding hydrogens is 260 g/mol. The second kappa shape index (κ2) is 4.73. The van der Waals surface area contributed by atoms with Gasteiger partial charge in [0.2, 0.25) is 0 Å². The zero-order chi connectivity index (χ0) is 15.3. The number of rotatable bonds is 1. The summed E-state index contributed by atoms with van der Waals surface area (Å²) in [6.45, 7) is 10.3. The first-order valence-electron chi connectivity index (χ1n) is 7.29. The summed E-state index contributed by atoms with van der Waals surface area (Å²) in [5.74, 6) is 0.290. The minimum absolute atomic E-state index is 0.160. The number of hydrogen-bond acceptors (Lipinski definition) is 2. The van der Waals surface area contributed by atoms with E-state index in [1.165, 1.54) is 16.7 Å². The first kappa shape index (κ1) is 13.9. The van der Waals surface area contributed by atoms with Crippen LogP contribution in [0.2, 0.25) is 0 Å². The van der Waals surface area contributed by atoms with E-state index in [1.807, 2.05) is 6.92 Å². The van der Waals surface area contributed by atoms with Gasteiger partial charge in [-0.25, -0.2) is 0 Å². The maximum absolute atomic E-state index is 12.4. The van der Waals surface area contributed by atoms with Crippen LogP contribution in [-0.4, -0.2) is 5.97 Å². The Kier molecular flexibility index (Phi) is 3.12. The van der Waals surface area contributed by atoms with Gasteiger partial charge in [-0.15, -0.1) is 0 Å². The molecule has 0 bridgehead atoms. The third-order valence-electron chi connectivity index (χ3n) is 4.36. The average molecular weight is 280 g/mol. The van der Waals surface area contributed by atoms with Crippen LogP contribution >= 0.6 is 0 Å². The van der Waals surface area contributed by atoms with Crippen molar-refractivity contribution >= 4 is 5.97 Å². The first-order chi connectivity index (χ1) is 9.88. The van der Waals surface area contributed by atoms with Crippen LogP contribution in [-0.2, 0) is 4.79 Å². The Morgan fingerprint density at radius 2 is 1.38 bits per heavy atom. The van der Waals surface area contributed by atoms with Gasteiger partial charge in [-0.1, -0.05) is 35.4 Å². The quantitative estimate of drug-likeness (QED) is 0.575. The van der Waals surface area contributed by atoms with Crippen LogP contribution in [0, 0.1) is 34.6 Å². The van der Waals surface area contributed by atoms with E-state index in [9.17, 15) is 4.79 Å². The fourth-order valence-electron chi connectivity index (χ4n) is 3.29. The topological polar surface area (TPSA) is 26.3 Å². The number of hydrogen-bond donors (Lipinski definition) is 0. The highest BCUT2D eigenvalue weighted by Gasteiger charge is 2.36. The predicted octanol–water partition coefficient (Wildman–Crippen LogP) is 4.28. The van der Waals surface area contributed by atoms with Gasteiger partial charge in [0, 0.05) is 5.56 Å². The van der Waals surface area contributed by atoms with E-state index < -0.39 is 0 Å². The molecule has 21 heavy (non-hydrogen) atoms. The van der Waals surface area contributed by atoms with Crippen LogP contribution in [0.5, 0.6) is 5.75 Å². The van der Waals surface area contributed by atoms with Crippen molar-refractivity contribution in [3.05, 3.63) is 63.2 Å². The second-order valence-corrected chi connectivity index (χ2v) is 6.15. The molecule has 0 radical (unpaired) electrons. The molecule has 0 saturated heterocycles. The van der Waals surface area contributed by atoms with Gasteiger partial charge in [-0.2, -0.15) is 0 Å². The van der Waals surface area contributed by atoms with Gasteiger partial charge in [0.05, 0.1) is 0 Å². The lowest BCUT2D eigenvalue weighted by Gasteiger charge is -2.15. The van der Waals surface area contributed by atoms with E-state index in [0.29, 0.717) is 0 Å². The van der Waals surface area contributed by atoms with Gasteiger partial charge in [0.25, 0.3) is 0 Å². The summed E-state index contributed by atoms with van der Waals surface area (Å²) in [7, 11) is 0. The molecule has 1 atom stereocenters. The Labute approximate surface area is 125 Å². The SMILES string of the molecule is Cc1cc(C)c(C)c(C2C(=O)Oc3c(C)cc(C)cc32)c1. The molecule has 2 aromatic rings. The first-order valence-corrected chi connectivity index (χ1v) is 7.29. The molecule has 0 aromatic heterocycles. The molecule has 0 N–H and O–H groups in total. The maximum atomic E-state index is 12.4. The standard InChI is InChI=1S/C19H20O2/c1-10-6-12(3)14(5)15(8-10)17-16-9-11(2)7-13(4)18(16)21-19(17)20/h6-9,17H,1-5H3. The van der Waals surface area contributed by atoms with Crippen LogP contribution in [0.25, 0.3) is 0 Å². The number of ether oxygens (including phenoxy) is 1. The highest BCUT2D eigenvalue weighted by molar-refractivity contribution is 5.90. The fourth-order valence-corrected chi connectivity index (χ4v) is 3.29. The minimum atomic E-state index is -0.294. The Balaban J connectivity index is 2.25. The zero-order valence-electron chi connectivity index (χ0n) is 13.2. The third kappa shape index (κ3) is 2.15. The number of fused-ring (bicyclic) bond motifs is 1. The molecule has 2 heteroatoms. The molecular formula is C19H20O2. The molecule has 1 aliphatic rings. The number of carbonyl (C=O) groups excluding carboxylic acids is 1. The summed E-state index contributed by atoms with van der Waals surface area (Å²) in [6, 6.07) is 8.40. The minimum Gasteiger partial charge on any atom is -0.425 e. The Hall–Kier alpha value is -2.09. The van der Waals surface area contributed by atoms with Crippen LogP contribution in [0.3, 0.4) is 0 Å². The predicted molar refractivity (Wildman–Crippen MR) is 84.0 cm³/mol. The molecule has 0 saturated carbocycles. The van der Waals surface area contributed by atoms with E-state index in [4.69, 9.17) is 4.74 Å². The van der Waals surface area contributed by atoms with Crippen molar-refractivity contribution < 1.29 is 9.53 Å². The van der Waals surface area contributed by atoms with Gasteiger partial charge in [-0.05, 0) is 56.9 Å². The van der Waals surface area contributed by atoms with Crippen molar-refractivity contribution in [2.75, 3.05) is 0 Å². The maximum Gasteiger partial charge on any atom is 0.323 e.